The quantitative estimate of drug-likeness (QED) is 0.739. The Morgan fingerprint density at radius 1 is 1.25 bits per heavy atom. The van der Waals surface area contributed by atoms with Gasteiger partial charge in [0.25, 0.3) is 0 Å². The van der Waals surface area contributed by atoms with Crippen molar-refractivity contribution in [2.24, 2.45) is 0 Å². The topological polar surface area (TPSA) is 77.0 Å². The van der Waals surface area contributed by atoms with Crippen LogP contribution in [0, 0.1) is 6.92 Å². The summed E-state index contributed by atoms with van der Waals surface area (Å²) >= 11 is 0. The van der Waals surface area contributed by atoms with Gasteiger partial charge in [0.1, 0.15) is 17.5 Å². The number of hydrogen-bond acceptors (Lipinski definition) is 5. The van der Waals surface area contributed by atoms with Crippen molar-refractivity contribution >= 4 is 5.91 Å². The van der Waals surface area contributed by atoms with Crippen molar-refractivity contribution in [3.8, 4) is 11.5 Å². The number of oxazole rings is 1. The molecule has 1 aliphatic rings. The number of rotatable bonds is 3. The zero-order valence-electron chi connectivity index (χ0n) is 13.5. The number of carbonyl (C=O) groups excluding carboxylic acids is 1. The summed E-state index contributed by atoms with van der Waals surface area (Å²) in [5.41, 5.74) is 1.73. The number of carbonyl (C=O) groups is 1. The molecule has 0 radical (unpaired) electrons. The molecular formula is C17H17N5O2. The summed E-state index contributed by atoms with van der Waals surface area (Å²) in [6.07, 6.45) is 1.38. The van der Waals surface area contributed by atoms with E-state index in [1.807, 2.05) is 53.6 Å². The van der Waals surface area contributed by atoms with E-state index in [4.69, 9.17) is 4.42 Å². The van der Waals surface area contributed by atoms with E-state index in [2.05, 4.69) is 15.2 Å². The highest BCUT2D eigenvalue weighted by molar-refractivity contribution is 5.82. The van der Waals surface area contributed by atoms with Crippen LogP contribution in [0.15, 0.2) is 41.1 Å². The van der Waals surface area contributed by atoms with Gasteiger partial charge in [-0.25, -0.2) is 4.98 Å². The molecule has 7 heteroatoms. The van der Waals surface area contributed by atoms with E-state index < -0.39 is 0 Å². The van der Waals surface area contributed by atoms with Crippen LogP contribution in [0.25, 0.3) is 11.5 Å². The van der Waals surface area contributed by atoms with Crippen molar-refractivity contribution in [3.63, 3.8) is 0 Å². The van der Waals surface area contributed by atoms with Gasteiger partial charge in [-0.15, -0.1) is 10.2 Å². The molecule has 1 aromatic carbocycles. The zero-order chi connectivity index (χ0) is 16.7. The summed E-state index contributed by atoms with van der Waals surface area (Å²) in [4.78, 5) is 18.8. The van der Waals surface area contributed by atoms with Gasteiger partial charge in [-0.2, -0.15) is 0 Å². The fourth-order valence-electron chi connectivity index (χ4n) is 3.08. The second kappa shape index (κ2) is 5.59. The van der Waals surface area contributed by atoms with Crippen LogP contribution in [-0.4, -0.2) is 30.6 Å². The van der Waals surface area contributed by atoms with Gasteiger partial charge in [-0.1, -0.05) is 30.3 Å². The van der Waals surface area contributed by atoms with Gasteiger partial charge in [0.05, 0.1) is 6.54 Å². The lowest BCUT2D eigenvalue weighted by Gasteiger charge is -2.32. The Kier molecular flexibility index (Phi) is 3.41. The Labute approximate surface area is 138 Å². The predicted molar refractivity (Wildman–Crippen MR) is 85.7 cm³/mol. The van der Waals surface area contributed by atoms with Crippen molar-refractivity contribution < 1.29 is 9.21 Å². The minimum Gasteiger partial charge on any atom is -0.448 e. The number of fused-ring (bicyclic) bond motifs is 1. The molecular weight excluding hydrogens is 306 g/mol. The number of aryl methyl sites for hydroxylation is 1. The van der Waals surface area contributed by atoms with Crippen LogP contribution in [-0.2, 0) is 17.9 Å². The fraction of sp³-hybridized carbons (Fsp3) is 0.294. The summed E-state index contributed by atoms with van der Waals surface area (Å²) in [6.45, 7) is 4.68. The third-order valence-corrected chi connectivity index (χ3v) is 4.33. The van der Waals surface area contributed by atoms with Crippen molar-refractivity contribution in [1.29, 1.82) is 0 Å². The zero-order valence-corrected chi connectivity index (χ0v) is 13.5. The lowest BCUT2D eigenvalue weighted by molar-refractivity contribution is -0.137. The Morgan fingerprint density at radius 3 is 2.75 bits per heavy atom. The first-order chi connectivity index (χ1) is 11.6. The number of nitrogens with zero attached hydrogens (tertiary/aromatic N) is 5. The molecule has 3 heterocycles. The van der Waals surface area contributed by atoms with Crippen molar-refractivity contribution in [2.75, 3.05) is 0 Å². The molecule has 0 N–H and O–H groups in total. The molecule has 4 rings (SSSR count). The molecule has 0 aliphatic carbocycles. The second-order valence-electron chi connectivity index (χ2n) is 5.92. The molecule has 0 spiro atoms. The third kappa shape index (κ3) is 2.29. The van der Waals surface area contributed by atoms with Crippen LogP contribution in [0.1, 0.15) is 30.1 Å². The summed E-state index contributed by atoms with van der Waals surface area (Å²) in [5.74, 6) is 2.05. The van der Waals surface area contributed by atoms with Crippen molar-refractivity contribution in [1.82, 2.24) is 24.6 Å². The SMILES string of the molecule is Cc1ocnc1-c1nnc2n1[C@@H](C)C(=O)N(Cc1ccccc1)C2. The van der Waals surface area contributed by atoms with E-state index in [1.165, 1.54) is 6.39 Å². The van der Waals surface area contributed by atoms with Crippen LogP contribution < -0.4 is 0 Å². The Balaban J connectivity index is 1.68. The van der Waals surface area contributed by atoms with Gasteiger partial charge >= 0.3 is 0 Å². The van der Waals surface area contributed by atoms with Gasteiger partial charge in [0.15, 0.2) is 18.0 Å². The molecule has 2 aromatic heterocycles. The molecule has 0 saturated carbocycles. The Bertz CT molecular complexity index is 884. The number of benzene rings is 1. The first-order valence-corrected chi connectivity index (χ1v) is 7.82. The second-order valence-corrected chi connectivity index (χ2v) is 5.92. The maximum atomic E-state index is 12.8. The standard InChI is InChI=1S/C17H17N5O2/c1-11-17(23)21(8-13-6-4-3-5-7-13)9-14-19-20-16(22(11)14)15-12(2)24-10-18-15/h3-7,10-11H,8-9H2,1-2H3/t11-/m0/s1. The van der Waals surface area contributed by atoms with Crippen molar-refractivity contribution in [2.45, 2.75) is 33.0 Å². The first-order valence-electron chi connectivity index (χ1n) is 7.82. The number of hydrogen-bond donors (Lipinski definition) is 0. The molecule has 1 aliphatic heterocycles. The van der Waals surface area contributed by atoms with Crippen molar-refractivity contribution in [3.05, 3.63) is 53.9 Å². The molecule has 7 nitrogen and oxygen atoms in total. The van der Waals surface area contributed by atoms with Crippen LogP contribution in [0.5, 0.6) is 0 Å². The minimum absolute atomic E-state index is 0.0496. The van der Waals surface area contributed by atoms with Gasteiger partial charge < -0.3 is 9.32 Å². The van der Waals surface area contributed by atoms with Crippen LogP contribution >= 0.6 is 0 Å². The van der Waals surface area contributed by atoms with E-state index in [0.717, 1.165) is 11.4 Å². The van der Waals surface area contributed by atoms with Crippen LogP contribution in [0.4, 0.5) is 0 Å². The molecule has 0 unspecified atom stereocenters. The normalized spacial score (nSPS) is 17.2. The smallest absolute Gasteiger partial charge is 0.246 e. The average Bonchev–Trinajstić information content (AvgIpc) is 3.19. The van der Waals surface area contributed by atoms with E-state index in [1.54, 1.807) is 0 Å². The van der Waals surface area contributed by atoms with Crippen LogP contribution in [0.3, 0.4) is 0 Å². The maximum Gasteiger partial charge on any atom is 0.246 e. The number of amides is 1. The van der Waals surface area contributed by atoms with Gasteiger partial charge in [-0.05, 0) is 19.4 Å². The summed E-state index contributed by atoms with van der Waals surface area (Å²) in [6, 6.07) is 9.57. The molecule has 0 fully saturated rings. The average molecular weight is 323 g/mol. The summed E-state index contributed by atoms with van der Waals surface area (Å²) in [5, 5.41) is 8.51. The number of aromatic nitrogens is 4. The van der Waals surface area contributed by atoms with Gasteiger partial charge in [0.2, 0.25) is 5.91 Å². The molecule has 0 saturated heterocycles. The highest BCUT2D eigenvalue weighted by atomic mass is 16.3. The monoisotopic (exact) mass is 323 g/mol. The predicted octanol–water partition coefficient (Wildman–Crippen LogP) is 2.34. The van der Waals surface area contributed by atoms with E-state index >= 15 is 0 Å². The van der Waals surface area contributed by atoms with E-state index in [-0.39, 0.29) is 11.9 Å². The summed E-state index contributed by atoms with van der Waals surface area (Å²) < 4.78 is 7.11. The molecule has 122 valence electrons. The van der Waals surface area contributed by atoms with Gasteiger partial charge in [0, 0.05) is 6.54 Å². The highest BCUT2D eigenvalue weighted by Crippen LogP contribution is 2.29. The molecule has 0 bridgehead atoms. The largest absolute Gasteiger partial charge is 0.448 e. The van der Waals surface area contributed by atoms with E-state index in [0.29, 0.717) is 30.4 Å². The maximum absolute atomic E-state index is 12.8. The minimum atomic E-state index is -0.376. The summed E-state index contributed by atoms with van der Waals surface area (Å²) in [7, 11) is 0. The lowest BCUT2D eigenvalue weighted by Crippen LogP contribution is -2.41. The van der Waals surface area contributed by atoms with Crippen LogP contribution in [0.2, 0.25) is 0 Å². The lowest BCUT2D eigenvalue weighted by atomic mass is 10.1. The fourth-order valence-corrected chi connectivity index (χ4v) is 3.08. The Morgan fingerprint density at radius 2 is 2.04 bits per heavy atom. The Hall–Kier alpha value is -2.96. The molecule has 24 heavy (non-hydrogen) atoms. The van der Waals surface area contributed by atoms with E-state index in [9.17, 15) is 4.79 Å². The molecule has 1 atom stereocenters. The highest BCUT2D eigenvalue weighted by Gasteiger charge is 2.34. The molecule has 3 aromatic rings. The third-order valence-electron chi connectivity index (χ3n) is 4.33. The molecule has 1 amide bonds. The first kappa shape index (κ1) is 14.6. The van der Waals surface area contributed by atoms with Gasteiger partial charge in [-0.3, -0.25) is 9.36 Å².